The number of fused-ring (bicyclic) bond motifs is 1. The molecule has 0 aliphatic heterocycles. The highest BCUT2D eigenvalue weighted by atomic mass is 79.9. The summed E-state index contributed by atoms with van der Waals surface area (Å²) in [5.74, 6) is 0.630. The van der Waals surface area contributed by atoms with E-state index in [0.717, 1.165) is 4.88 Å². The summed E-state index contributed by atoms with van der Waals surface area (Å²) in [6.45, 7) is 0. The summed E-state index contributed by atoms with van der Waals surface area (Å²) >= 11 is 5.00. The third-order valence-corrected chi connectivity index (χ3v) is 4.41. The van der Waals surface area contributed by atoms with Crippen LogP contribution in [0.15, 0.2) is 15.3 Å². The lowest BCUT2D eigenvalue weighted by Crippen LogP contribution is -1.80. The molecule has 1 aliphatic rings. The molecule has 2 aromatic rings. The fourth-order valence-electron chi connectivity index (χ4n) is 2.08. The van der Waals surface area contributed by atoms with Crippen LogP contribution in [0.2, 0.25) is 0 Å². The average molecular weight is 299 g/mol. The molecule has 84 valence electrons. The fraction of sp³-hybridized carbons (Fsp3) is 0.455. The minimum atomic E-state index is 0.520. The summed E-state index contributed by atoms with van der Waals surface area (Å²) in [5, 5.41) is 3.75. The lowest BCUT2D eigenvalue weighted by Gasteiger charge is -1.92. The van der Waals surface area contributed by atoms with Crippen LogP contribution in [0.1, 0.15) is 29.7 Å². The van der Waals surface area contributed by atoms with Crippen molar-refractivity contribution in [2.45, 2.75) is 32.1 Å². The normalized spacial score (nSPS) is 15.8. The number of aromatic nitrogens is 2. The molecule has 0 aromatic carbocycles. The van der Waals surface area contributed by atoms with Crippen molar-refractivity contribution >= 4 is 27.3 Å². The molecule has 2 heterocycles. The summed E-state index contributed by atoms with van der Waals surface area (Å²) in [7, 11) is 0. The number of thiophene rings is 1. The maximum Gasteiger partial charge on any atom is 0.268 e. The molecule has 1 aliphatic carbocycles. The molecule has 16 heavy (non-hydrogen) atoms. The van der Waals surface area contributed by atoms with E-state index in [-0.39, 0.29) is 0 Å². The van der Waals surface area contributed by atoms with Gasteiger partial charge < -0.3 is 4.52 Å². The van der Waals surface area contributed by atoms with Crippen LogP contribution in [0.25, 0.3) is 10.8 Å². The zero-order chi connectivity index (χ0) is 11.0. The smallest absolute Gasteiger partial charge is 0.268 e. The van der Waals surface area contributed by atoms with Crippen LogP contribution in [0, 0.1) is 0 Å². The second kappa shape index (κ2) is 4.30. The summed E-state index contributed by atoms with van der Waals surface area (Å²) in [5.41, 5.74) is 1.48. The standard InChI is InChI=1S/C11H11BrN2OS/c12-11-13-10(15-14-11)9-6-7-4-2-1-3-5-8(7)16-9/h6H,1-5H2. The lowest BCUT2D eigenvalue weighted by molar-refractivity contribution is 0.427. The Morgan fingerprint density at radius 2 is 2.12 bits per heavy atom. The molecular formula is C11H11BrN2OS. The van der Waals surface area contributed by atoms with Crippen molar-refractivity contribution in [3.05, 3.63) is 21.2 Å². The molecule has 0 saturated carbocycles. The molecule has 5 heteroatoms. The lowest BCUT2D eigenvalue weighted by atomic mass is 10.1. The van der Waals surface area contributed by atoms with E-state index in [1.54, 1.807) is 11.3 Å². The van der Waals surface area contributed by atoms with E-state index in [0.29, 0.717) is 10.6 Å². The Balaban J connectivity index is 1.98. The van der Waals surface area contributed by atoms with Crippen LogP contribution in [0.3, 0.4) is 0 Å². The largest absolute Gasteiger partial charge is 0.332 e. The van der Waals surface area contributed by atoms with Crippen molar-refractivity contribution in [1.29, 1.82) is 0 Å². The van der Waals surface area contributed by atoms with E-state index in [2.05, 4.69) is 32.1 Å². The van der Waals surface area contributed by atoms with Crippen LogP contribution < -0.4 is 0 Å². The monoisotopic (exact) mass is 298 g/mol. The van der Waals surface area contributed by atoms with E-state index in [4.69, 9.17) is 4.52 Å². The fourth-order valence-corrected chi connectivity index (χ4v) is 3.49. The Morgan fingerprint density at radius 1 is 1.25 bits per heavy atom. The van der Waals surface area contributed by atoms with Crippen molar-refractivity contribution in [2.75, 3.05) is 0 Å². The molecule has 0 bridgehead atoms. The van der Waals surface area contributed by atoms with Gasteiger partial charge in [-0.1, -0.05) is 6.42 Å². The Kier molecular flexibility index (Phi) is 2.81. The first kappa shape index (κ1) is 10.5. The summed E-state index contributed by atoms with van der Waals surface area (Å²) in [6, 6.07) is 2.21. The van der Waals surface area contributed by atoms with Crippen molar-refractivity contribution in [3.63, 3.8) is 0 Å². The number of nitrogens with zero attached hydrogens (tertiary/aromatic N) is 2. The van der Waals surface area contributed by atoms with Crippen molar-refractivity contribution < 1.29 is 4.52 Å². The molecule has 0 unspecified atom stereocenters. The third-order valence-electron chi connectivity index (χ3n) is 2.86. The molecule has 3 rings (SSSR count). The van der Waals surface area contributed by atoms with E-state index >= 15 is 0 Å². The summed E-state index contributed by atoms with van der Waals surface area (Å²) < 4.78 is 5.68. The van der Waals surface area contributed by atoms with Crippen LogP contribution in [0.4, 0.5) is 0 Å². The summed E-state index contributed by atoms with van der Waals surface area (Å²) in [4.78, 5) is 6.80. The third kappa shape index (κ3) is 1.94. The Hall–Kier alpha value is -0.680. The predicted octanol–water partition coefficient (Wildman–Crippen LogP) is 3.83. The van der Waals surface area contributed by atoms with Gasteiger partial charge >= 0.3 is 0 Å². The van der Waals surface area contributed by atoms with Gasteiger partial charge in [0.1, 0.15) is 0 Å². The maximum absolute atomic E-state index is 5.16. The molecule has 2 aromatic heterocycles. The van der Waals surface area contributed by atoms with Crippen LogP contribution in [-0.4, -0.2) is 10.1 Å². The number of hydrogen-bond acceptors (Lipinski definition) is 4. The van der Waals surface area contributed by atoms with E-state index in [1.807, 2.05) is 0 Å². The Labute approximate surface area is 106 Å². The SMILES string of the molecule is Brc1noc(-c2cc3c(s2)CCCCC3)n1. The topological polar surface area (TPSA) is 38.9 Å². The first-order chi connectivity index (χ1) is 7.83. The van der Waals surface area contributed by atoms with Crippen molar-refractivity contribution in [3.8, 4) is 10.8 Å². The van der Waals surface area contributed by atoms with Gasteiger partial charge in [0.15, 0.2) is 0 Å². The minimum absolute atomic E-state index is 0.520. The van der Waals surface area contributed by atoms with Crippen LogP contribution in [0.5, 0.6) is 0 Å². The van der Waals surface area contributed by atoms with Gasteiger partial charge in [-0.05, 0) is 58.4 Å². The first-order valence-electron chi connectivity index (χ1n) is 5.44. The van der Waals surface area contributed by atoms with Crippen LogP contribution in [-0.2, 0) is 12.8 Å². The molecule has 0 saturated heterocycles. The van der Waals surface area contributed by atoms with Gasteiger partial charge in [0.25, 0.3) is 5.89 Å². The highest BCUT2D eigenvalue weighted by Gasteiger charge is 2.16. The summed E-state index contributed by atoms with van der Waals surface area (Å²) in [6.07, 6.45) is 6.36. The van der Waals surface area contributed by atoms with Gasteiger partial charge in [-0.3, -0.25) is 0 Å². The van der Waals surface area contributed by atoms with E-state index < -0.39 is 0 Å². The number of hydrogen-bond donors (Lipinski definition) is 0. The van der Waals surface area contributed by atoms with Crippen molar-refractivity contribution in [1.82, 2.24) is 10.1 Å². The highest BCUT2D eigenvalue weighted by molar-refractivity contribution is 9.10. The van der Waals surface area contributed by atoms with Gasteiger partial charge in [-0.25, -0.2) is 0 Å². The highest BCUT2D eigenvalue weighted by Crippen LogP contribution is 2.34. The zero-order valence-electron chi connectivity index (χ0n) is 8.70. The average Bonchev–Trinajstić information content (AvgIpc) is 2.81. The zero-order valence-corrected chi connectivity index (χ0v) is 11.1. The second-order valence-corrected chi connectivity index (χ2v) is 5.83. The second-order valence-electron chi connectivity index (χ2n) is 3.99. The molecular weight excluding hydrogens is 288 g/mol. The Morgan fingerprint density at radius 3 is 2.94 bits per heavy atom. The molecule has 0 N–H and O–H groups in total. The number of aryl methyl sites for hydroxylation is 2. The van der Waals surface area contributed by atoms with Gasteiger partial charge in [0.05, 0.1) is 4.88 Å². The Bertz CT molecular complexity index is 482. The van der Waals surface area contributed by atoms with E-state index in [9.17, 15) is 0 Å². The number of halogens is 1. The molecule has 3 nitrogen and oxygen atoms in total. The minimum Gasteiger partial charge on any atom is -0.332 e. The van der Waals surface area contributed by atoms with Gasteiger partial charge in [0, 0.05) is 4.88 Å². The molecule has 0 atom stereocenters. The quantitative estimate of drug-likeness (QED) is 0.751. The predicted molar refractivity (Wildman–Crippen MR) is 66.6 cm³/mol. The molecule has 0 amide bonds. The number of rotatable bonds is 1. The van der Waals surface area contributed by atoms with Gasteiger partial charge in [-0.15, -0.1) is 11.3 Å². The first-order valence-corrected chi connectivity index (χ1v) is 7.05. The van der Waals surface area contributed by atoms with Crippen molar-refractivity contribution in [2.24, 2.45) is 0 Å². The van der Waals surface area contributed by atoms with E-state index in [1.165, 1.54) is 42.5 Å². The molecule has 0 radical (unpaired) electrons. The van der Waals surface area contributed by atoms with Gasteiger partial charge in [0.2, 0.25) is 4.73 Å². The molecule has 0 fully saturated rings. The molecule has 0 spiro atoms. The van der Waals surface area contributed by atoms with Crippen LogP contribution >= 0.6 is 27.3 Å². The maximum atomic E-state index is 5.16. The van der Waals surface area contributed by atoms with Gasteiger partial charge in [-0.2, -0.15) is 4.98 Å².